The predicted molar refractivity (Wildman–Crippen MR) is 133 cm³/mol. The van der Waals surface area contributed by atoms with E-state index in [1.54, 1.807) is 30.3 Å². The van der Waals surface area contributed by atoms with Crippen molar-refractivity contribution < 1.29 is 13.2 Å². The van der Waals surface area contributed by atoms with Gasteiger partial charge in [0, 0.05) is 22.5 Å². The molecule has 1 aromatic heterocycles. The summed E-state index contributed by atoms with van der Waals surface area (Å²) in [7, 11) is -2.23. The molecule has 8 heteroatoms. The fourth-order valence-corrected chi connectivity index (χ4v) is 5.51. The number of carbonyl (C=O) groups excluding carboxylic acids is 1. The highest BCUT2D eigenvalue weighted by Gasteiger charge is 2.22. The first kappa shape index (κ1) is 22.3. The van der Waals surface area contributed by atoms with E-state index in [9.17, 15) is 13.2 Å². The lowest BCUT2D eigenvalue weighted by atomic mass is 10.1. The van der Waals surface area contributed by atoms with Crippen LogP contribution in [0.2, 0.25) is 5.02 Å². The van der Waals surface area contributed by atoms with E-state index in [-0.39, 0.29) is 10.8 Å². The van der Waals surface area contributed by atoms with Gasteiger partial charge in [0.1, 0.15) is 0 Å². The molecule has 0 aliphatic carbocycles. The Morgan fingerprint density at radius 2 is 1.69 bits per heavy atom. The molecular formula is C24H21ClN2O3S2. The summed E-state index contributed by atoms with van der Waals surface area (Å²) >= 11 is 7.24. The second-order valence-electron chi connectivity index (χ2n) is 7.26. The molecule has 1 amide bonds. The van der Waals surface area contributed by atoms with Crippen LogP contribution in [-0.4, -0.2) is 21.4 Å². The molecule has 0 fully saturated rings. The van der Waals surface area contributed by atoms with E-state index in [2.05, 4.69) is 12.2 Å². The van der Waals surface area contributed by atoms with Gasteiger partial charge < -0.3 is 5.32 Å². The van der Waals surface area contributed by atoms with Crippen molar-refractivity contribution in [1.82, 2.24) is 0 Å². The van der Waals surface area contributed by atoms with Crippen molar-refractivity contribution in [3.05, 3.63) is 88.3 Å². The standard InChI is InChI=1S/C24H21ClN2O3S2/c1-3-16-4-8-19(9-5-16)26-24(28)23-15-17-14-20(10-13-22(17)31-23)27(2)32(29,30)21-11-6-18(25)7-12-21/h4-15H,3H2,1-2H3,(H,26,28). The van der Waals surface area contributed by atoms with Crippen molar-refractivity contribution in [2.24, 2.45) is 0 Å². The molecule has 0 saturated heterocycles. The van der Waals surface area contributed by atoms with E-state index in [1.807, 2.05) is 30.3 Å². The lowest BCUT2D eigenvalue weighted by molar-refractivity contribution is 0.103. The average Bonchev–Trinajstić information content (AvgIpc) is 3.23. The first-order chi connectivity index (χ1) is 15.3. The number of hydrogen-bond acceptors (Lipinski definition) is 4. The minimum atomic E-state index is -3.73. The van der Waals surface area contributed by atoms with E-state index < -0.39 is 10.0 Å². The molecular weight excluding hydrogens is 464 g/mol. The van der Waals surface area contributed by atoms with Crippen molar-refractivity contribution in [2.75, 3.05) is 16.7 Å². The summed E-state index contributed by atoms with van der Waals surface area (Å²) in [6.07, 6.45) is 0.940. The van der Waals surface area contributed by atoms with Gasteiger partial charge in [-0.2, -0.15) is 0 Å². The van der Waals surface area contributed by atoms with Crippen LogP contribution in [0.1, 0.15) is 22.2 Å². The van der Waals surface area contributed by atoms with Crippen molar-refractivity contribution >= 4 is 60.3 Å². The molecule has 0 atom stereocenters. The highest BCUT2D eigenvalue weighted by Crippen LogP contribution is 2.31. The topological polar surface area (TPSA) is 66.5 Å². The number of amides is 1. The summed E-state index contributed by atoms with van der Waals surface area (Å²) in [5.74, 6) is -0.195. The molecule has 4 aromatic rings. The number of halogens is 1. The Bertz CT molecular complexity index is 1380. The fourth-order valence-electron chi connectivity index (χ4n) is 3.26. The third kappa shape index (κ3) is 4.50. The Balaban J connectivity index is 1.58. The molecule has 0 unspecified atom stereocenters. The first-order valence-corrected chi connectivity index (χ1v) is 12.6. The largest absolute Gasteiger partial charge is 0.321 e. The first-order valence-electron chi connectivity index (χ1n) is 9.96. The number of thiophene rings is 1. The third-order valence-corrected chi connectivity index (χ3v) is 8.35. The molecule has 4 rings (SSSR count). The number of nitrogens with zero attached hydrogens (tertiary/aromatic N) is 1. The molecule has 5 nitrogen and oxygen atoms in total. The van der Waals surface area contributed by atoms with Gasteiger partial charge in [-0.3, -0.25) is 9.10 Å². The minimum absolute atomic E-state index is 0.156. The Hall–Kier alpha value is -2.87. The maximum absolute atomic E-state index is 13.0. The van der Waals surface area contributed by atoms with Gasteiger partial charge in [0.25, 0.3) is 15.9 Å². The van der Waals surface area contributed by atoms with Crippen LogP contribution in [0.5, 0.6) is 0 Å². The lowest BCUT2D eigenvalue weighted by Crippen LogP contribution is -2.26. The summed E-state index contributed by atoms with van der Waals surface area (Å²) in [5.41, 5.74) is 2.45. The zero-order valence-corrected chi connectivity index (χ0v) is 19.9. The van der Waals surface area contributed by atoms with Gasteiger partial charge >= 0.3 is 0 Å². The zero-order valence-electron chi connectivity index (χ0n) is 17.5. The number of fused-ring (bicyclic) bond motifs is 1. The molecule has 3 aromatic carbocycles. The number of hydrogen-bond donors (Lipinski definition) is 1. The van der Waals surface area contributed by atoms with Gasteiger partial charge in [0.2, 0.25) is 0 Å². The number of aryl methyl sites for hydroxylation is 1. The lowest BCUT2D eigenvalue weighted by Gasteiger charge is -2.19. The van der Waals surface area contributed by atoms with Crippen molar-refractivity contribution in [2.45, 2.75) is 18.2 Å². The second kappa shape index (κ2) is 8.94. The van der Waals surface area contributed by atoms with Gasteiger partial charge in [-0.15, -0.1) is 11.3 Å². The van der Waals surface area contributed by atoms with Crippen LogP contribution in [0.3, 0.4) is 0 Å². The number of rotatable bonds is 6. The van der Waals surface area contributed by atoms with Gasteiger partial charge in [-0.25, -0.2) is 8.42 Å². The highest BCUT2D eigenvalue weighted by atomic mass is 35.5. The molecule has 0 radical (unpaired) electrons. The quantitative estimate of drug-likeness (QED) is 0.354. The molecule has 1 heterocycles. The smallest absolute Gasteiger partial charge is 0.265 e. The number of sulfonamides is 1. The van der Waals surface area contributed by atoms with E-state index in [0.717, 1.165) is 22.2 Å². The zero-order chi connectivity index (χ0) is 22.9. The minimum Gasteiger partial charge on any atom is -0.321 e. The van der Waals surface area contributed by atoms with Crippen LogP contribution in [0, 0.1) is 0 Å². The normalized spacial score (nSPS) is 11.5. The molecule has 32 heavy (non-hydrogen) atoms. The predicted octanol–water partition coefficient (Wildman–Crippen LogP) is 6.19. The van der Waals surface area contributed by atoms with E-state index in [1.165, 1.54) is 40.4 Å². The number of carbonyl (C=O) groups is 1. The second-order valence-corrected chi connectivity index (χ2v) is 10.8. The van der Waals surface area contributed by atoms with E-state index in [0.29, 0.717) is 15.6 Å². The van der Waals surface area contributed by atoms with Crippen LogP contribution < -0.4 is 9.62 Å². The van der Waals surface area contributed by atoms with Crippen LogP contribution in [0.4, 0.5) is 11.4 Å². The molecule has 0 bridgehead atoms. The summed E-state index contributed by atoms with van der Waals surface area (Å²) in [5, 5.41) is 4.19. The average molecular weight is 485 g/mol. The molecule has 0 aliphatic rings. The number of benzene rings is 3. The van der Waals surface area contributed by atoms with Crippen molar-refractivity contribution in [3.63, 3.8) is 0 Å². The van der Waals surface area contributed by atoms with Crippen molar-refractivity contribution in [1.29, 1.82) is 0 Å². The number of anilines is 2. The molecule has 1 N–H and O–H groups in total. The molecule has 164 valence electrons. The van der Waals surface area contributed by atoms with Crippen LogP contribution in [-0.2, 0) is 16.4 Å². The molecule has 0 saturated carbocycles. The Morgan fingerprint density at radius 1 is 1.00 bits per heavy atom. The van der Waals surface area contributed by atoms with Gasteiger partial charge in [0.05, 0.1) is 15.5 Å². The third-order valence-electron chi connectivity index (χ3n) is 5.18. The van der Waals surface area contributed by atoms with Crippen LogP contribution in [0.15, 0.2) is 77.7 Å². The van der Waals surface area contributed by atoms with Crippen LogP contribution in [0.25, 0.3) is 10.1 Å². The Labute approximate surface area is 196 Å². The highest BCUT2D eigenvalue weighted by molar-refractivity contribution is 7.92. The maximum atomic E-state index is 13.0. The van der Waals surface area contributed by atoms with Crippen molar-refractivity contribution in [3.8, 4) is 0 Å². The summed E-state index contributed by atoms with van der Waals surface area (Å²) in [4.78, 5) is 13.4. The van der Waals surface area contributed by atoms with Gasteiger partial charge in [-0.05, 0) is 78.0 Å². The van der Waals surface area contributed by atoms with E-state index >= 15 is 0 Å². The Morgan fingerprint density at radius 3 is 2.34 bits per heavy atom. The van der Waals surface area contributed by atoms with Crippen LogP contribution >= 0.6 is 22.9 Å². The maximum Gasteiger partial charge on any atom is 0.265 e. The molecule has 0 spiro atoms. The Kier molecular flexibility index (Phi) is 6.24. The monoisotopic (exact) mass is 484 g/mol. The van der Waals surface area contributed by atoms with E-state index in [4.69, 9.17) is 11.6 Å². The summed E-state index contributed by atoms with van der Waals surface area (Å²) in [6.45, 7) is 2.08. The van der Waals surface area contributed by atoms with Gasteiger partial charge in [-0.1, -0.05) is 30.7 Å². The van der Waals surface area contributed by atoms with Gasteiger partial charge in [0.15, 0.2) is 0 Å². The molecule has 0 aliphatic heterocycles. The fraction of sp³-hybridized carbons (Fsp3) is 0.125. The number of nitrogens with one attached hydrogen (secondary N) is 1. The summed E-state index contributed by atoms with van der Waals surface area (Å²) < 4.78 is 28.1. The summed E-state index contributed by atoms with van der Waals surface area (Å²) in [6, 6.07) is 20.9. The SMILES string of the molecule is CCc1ccc(NC(=O)c2cc3cc(N(C)S(=O)(=O)c4ccc(Cl)cc4)ccc3s2)cc1.